The summed E-state index contributed by atoms with van der Waals surface area (Å²) in [7, 11) is -3.39. The summed E-state index contributed by atoms with van der Waals surface area (Å²) in [5.41, 5.74) is 0.986. The van der Waals surface area contributed by atoms with E-state index in [1.165, 1.54) is 13.1 Å². The molecule has 0 aliphatic rings. The number of nitrogens with zero attached hydrogens (tertiary/aromatic N) is 3. The number of H-pyrrole nitrogens is 1. The fraction of sp³-hybridized carbons (Fsp3) is 0.182. The third kappa shape index (κ3) is 4.49. The smallest absolute Gasteiger partial charge is 0.181 e. The molecule has 1 unspecified atom stereocenters. The van der Waals surface area contributed by atoms with Crippen molar-refractivity contribution in [3.8, 4) is 5.75 Å². The zero-order chi connectivity index (χ0) is 23.8. The first-order chi connectivity index (χ1) is 15.7. The van der Waals surface area contributed by atoms with Gasteiger partial charge in [0.1, 0.15) is 24.0 Å². The molecule has 0 radical (unpaired) electrons. The zero-order valence-corrected chi connectivity index (χ0v) is 18.6. The van der Waals surface area contributed by atoms with Crippen LogP contribution in [0.5, 0.6) is 5.75 Å². The molecule has 4 rings (SSSR count). The van der Waals surface area contributed by atoms with Gasteiger partial charge in [-0.2, -0.15) is 5.10 Å². The lowest BCUT2D eigenvalue weighted by Crippen LogP contribution is -2.17. The Morgan fingerprint density at radius 3 is 2.73 bits per heavy atom. The molecule has 11 heteroatoms. The van der Waals surface area contributed by atoms with Crippen LogP contribution in [0, 0.1) is 24.4 Å². The number of fused-ring (bicyclic) bond motifs is 1. The quantitative estimate of drug-likeness (QED) is 0.389. The maximum Gasteiger partial charge on any atom is 0.181 e. The van der Waals surface area contributed by atoms with Crippen LogP contribution in [0.3, 0.4) is 0 Å². The van der Waals surface area contributed by atoms with Gasteiger partial charge < -0.3 is 9.46 Å². The normalized spacial score (nSPS) is 13.1. The Morgan fingerprint density at radius 1 is 1.18 bits per heavy atom. The second-order valence-corrected chi connectivity index (χ2v) is 9.28. The molecule has 0 fully saturated rings. The van der Waals surface area contributed by atoms with Crippen molar-refractivity contribution in [3.63, 3.8) is 0 Å². The lowest BCUT2D eigenvalue weighted by Gasteiger charge is -2.17. The maximum absolute atomic E-state index is 15.1. The van der Waals surface area contributed by atoms with Crippen molar-refractivity contribution >= 4 is 32.3 Å². The van der Waals surface area contributed by atoms with Gasteiger partial charge in [0, 0.05) is 11.1 Å². The van der Waals surface area contributed by atoms with Crippen molar-refractivity contribution in [1.29, 1.82) is 0 Å². The highest BCUT2D eigenvalue weighted by Gasteiger charge is 2.19. The average Bonchev–Trinajstić information content (AvgIpc) is 3.19. The van der Waals surface area contributed by atoms with E-state index in [4.69, 9.17) is 4.74 Å². The molecule has 0 aliphatic carbocycles. The van der Waals surface area contributed by atoms with Crippen LogP contribution < -0.4 is 9.46 Å². The van der Waals surface area contributed by atoms with Gasteiger partial charge in [0.05, 0.1) is 43.9 Å². The molecule has 172 valence electrons. The molecule has 0 saturated carbocycles. The van der Waals surface area contributed by atoms with E-state index in [2.05, 4.69) is 30.8 Å². The van der Waals surface area contributed by atoms with Gasteiger partial charge in [0.2, 0.25) is 0 Å². The average molecular weight is 475 g/mol. The van der Waals surface area contributed by atoms with E-state index in [0.29, 0.717) is 17.8 Å². The summed E-state index contributed by atoms with van der Waals surface area (Å²) in [4.78, 5) is 7.97. The molecule has 7 nitrogen and oxygen atoms in total. The fourth-order valence-corrected chi connectivity index (χ4v) is 4.75. The molecule has 0 aliphatic heterocycles. The third-order valence-corrected chi connectivity index (χ3v) is 6.70. The van der Waals surface area contributed by atoms with Gasteiger partial charge in [0.25, 0.3) is 0 Å². The topological polar surface area (TPSA) is 92.8 Å². The second-order valence-electron chi connectivity index (χ2n) is 7.29. The molecule has 1 aromatic carbocycles. The van der Waals surface area contributed by atoms with Gasteiger partial charge in [-0.3, -0.25) is 10.1 Å². The Balaban J connectivity index is 1.60. The number of anilines is 1. The summed E-state index contributed by atoms with van der Waals surface area (Å²) >= 11 is 0. The van der Waals surface area contributed by atoms with Gasteiger partial charge in [-0.25, -0.2) is 22.4 Å². The van der Waals surface area contributed by atoms with Crippen LogP contribution in [0.1, 0.15) is 23.9 Å². The van der Waals surface area contributed by atoms with Crippen molar-refractivity contribution < 1.29 is 22.1 Å². The number of nitrogens with one attached hydrogen (secondary N) is 2. The van der Waals surface area contributed by atoms with E-state index in [1.807, 2.05) is 6.92 Å². The number of benzene rings is 1. The molecule has 0 amide bonds. The number of aromatic nitrogens is 4. The van der Waals surface area contributed by atoms with Crippen molar-refractivity contribution in [2.24, 2.45) is 0 Å². The van der Waals surface area contributed by atoms with Crippen LogP contribution >= 0.6 is 0 Å². The highest BCUT2D eigenvalue weighted by atomic mass is 32.2. The zero-order valence-electron chi connectivity index (χ0n) is 17.8. The van der Waals surface area contributed by atoms with E-state index in [-0.39, 0.29) is 21.8 Å². The number of halogens is 3. The lowest BCUT2D eigenvalue weighted by molar-refractivity contribution is 0.292. The summed E-state index contributed by atoms with van der Waals surface area (Å²) in [5.74, 6) is 1.31. The van der Waals surface area contributed by atoms with Crippen LogP contribution in [0.2, 0.25) is 0 Å². The number of hydrogen-bond donors (Lipinski definition) is 2. The summed E-state index contributed by atoms with van der Waals surface area (Å²) in [6.45, 7) is 3.03. The minimum atomic E-state index is -3.39. The van der Waals surface area contributed by atoms with Crippen molar-refractivity contribution in [2.75, 3.05) is 4.72 Å². The first-order valence-corrected chi connectivity index (χ1v) is 11.6. The lowest BCUT2D eigenvalue weighted by atomic mass is 10.2. The molecular weight excluding hydrogens is 455 g/mol. The summed E-state index contributed by atoms with van der Waals surface area (Å²) < 4.78 is 64.3. The van der Waals surface area contributed by atoms with E-state index < -0.39 is 33.8 Å². The van der Waals surface area contributed by atoms with Crippen LogP contribution in [-0.2, 0) is 22.7 Å². The first-order valence-electron chi connectivity index (χ1n) is 9.89. The summed E-state index contributed by atoms with van der Waals surface area (Å²) in [6, 6.07) is 4.81. The predicted molar refractivity (Wildman–Crippen MR) is 120 cm³/mol. The molecule has 33 heavy (non-hydrogen) atoms. The second kappa shape index (κ2) is 8.74. The van der Waals surface area contributed by atoms with Crippen LogP contribution in [0.4, 0.5) is 18.9 Å². The van der Waals surface area contributed by atoms with Crippen molar-refractivity contribution in [2.45, 2.75) is 31.8 Å². The monoisotopic (exact) mass is 475 g/mol. The van der Waals surface area contributed by atoms with E-state index >= 15 is 4.39 Å². The van der Waals surface area contributed by atoms with Gasteiger partial charge in [0.15, 0.2) is 11.5 Å². The number of rotatable bonds is 7. The Kier molecular flexibility index (Phi) is 5.98. The van der Waals surface area contributed by atoms with E-state index in [9.17, 15) is 13.0 Å². The molecule has 2 N–H and O–H groups in total. The highest BCUT2D eigenvalue weighted by molar-refractivity contribution is 8.01. The van der Waals surface area contributed by atoms with Crippen molar-refractivity contribution in [3.05, 3.63) is 71.1 Å². The van der Waals surface area contributed by atoms with E-state index in [1.54, 1.807) is 6.07 Å². The fourth-order valence-electron chi connectivity index (χ4n) is 3.30. The largest absolute Gasteiger partial charge is 0.487 e. The number of aryl methyl sites for hydroxylation is 2. The molecule has 1 atom stereocenters. The summed E-state index contributed by atoms with van der Waals surface area (Å²) in [6.07, 6.45) is 3.08. The highest BCUT2D eigenvalue weighted by Crippen LogP contribution is 2.27. The third-order valence-electron chi connectivity index (χ3n) is 5.02. The van der Waals surface area contributed by atoms with Crippen LogP contribution in [-0.4, -0.2) is 30.2 Å². The van der Waals surface area contributed by atoms with Gasteiger partial charge in [-0.05, 0) is 43.5 Å². The molecule has 0 spiro atoms. The van der Waals surface area contributed by atoms with Crippen LogP contribution in [0.25, 0.3) is 11.0 Å². The predicted octanol–water partition coefficient (Wildman–Crippen LogP) is 4.32. The van der Waals surface area contributed by atoms with Crippen LogP contribution in [0.15, 0.2) is 41.6 Å². The summed E-state index contributed by atoms with van der Waals surface area (Å²) in [5, 5.41) is 7.71. The molecule has 3 aromatic heterocycles. The molecule has 3 heterocycles. The standard InChI is InChI=1S/C22H20F3N5O2S/c1-4-18-15-8-14(10-27-22(15)29-28-18)32-11-16-17(24)5-6-19(21(16)25)30-33(3,31)20-7-13(23)9-26-12(20)2/h5-10H,3-4,11H2,1-2H3,(H,30,31)(H,27,28,29). The van der Waals surface area contributed by atoms with Crippen molar-refractivity contribution in [1.82, 2.24) is 20.2 Å². The first kappa shape index (κ1) is 22.6. The molecule has 0 bridgehead atoms. The SMILES string of the molecule is C=S(=O)(Nc1ccc(F)c(COc2cnc3n[nH]c(CC)c3c2)c1F)c1cc(F)cnc1C. The number of pyridine rings is 2. The minimum absolute atomic E-state index is 0.0183. The molecule has 0 saturated heterocycles. The van der Waals surface area contributed by atoms with Gasteiger partial charge in [-0.1, -0.05) is 6.92 Å². The Morgan fingerprint density at radius 2 is 1.97 bits per heavy atom. The van der Waals surface area contributed by atoms with Gasteiger partial charge in [-0.15, -0.1) is 0 Å². The molecule has 4 aromatic rings. The Labute approximate surface area is 188 Å². The maximum atomic E-state index is 15.1. The Hall–Kier alpha value is -3.60. The number of aromatic amines is 1. The Bertz CT molecular complexity index is 1450. The minimum Gasteiger partial charge on any atom is -0.487 e. The molecular formula is C22H20F3N5O2S. The van der Waals surface area contributed by atoms with E-state index in [0.717, 1.165) is 35.5 Å². The number of ether oxygens (including phenoxy) is 1. The van der Waals surface area contributed by atoms with Gasteiger partial charge >= 0.3 is 0 Å². The number of hydrogen-bond acceptors (Lipinski definition) is 5.